The Balaban J connectivity index is 3.72. The van der Waals surface area contributed by atoms with Crippen molar-refractivity contribution < 1.29 is 23.9 Å². The molecule has 30 heavy (non-hydrogen) atoms. The van der Waals surface area contributed by atoms with E-state index < -0.39 is 12.1 Å². The third-order valence-corrected chi connectivity index (χ3v) is 4.80. The summed E-state index contributed by atoms with van der Waals surface area (Å²) in [5.74, 6) is -1.49. The molecule has 1 unspecified atom stereocenters. The summed E-state index contributed by atoms with van der Waals surface area (Å²) in [6, 6.07) is 0. The first-order valence-corrected chi connectivity index (χ1v) is 11.8. The van der Waals surface area contributed by atoms with Gasteiger partial charge in [-0.05, 0) is 32.1 Å². The van der Waals surface area contributed by atoms with Crippen molar-refractivity contribution in [3.63, 3.8) is 0 Å². The Morgan fingerprint density at radius 1 is 0.867 bits per heavy atom. The number of ether oxygens (including phenoxy) is 1. The number of allylic oxidation sites excluding steroid dienone is 4. The van der Waals surface area contributed by atoms with Crippen molar-refractivity contribution in [2.75, 3.05) is 27.7 Å². The predicted octanol–water partition coefficient (Wildman–Crippen LogP) is 4.56. The van der Waals surface area contributed by atoms with Crippen LogP contribution in [0.25, 0.3) is 0 Å². The first-order valence-electron chi connectivity index (χ1n) is 11.8. The topological polar surface area (TPSA) is 66.4 Å². The zero-order valence-corrected chi connectivity index (χ0v) is 19.9. The molecule has 0 aromatic heterocycles. The molecule has 0 spiro atoms. The van der Waals surface area contributed by atoms with E-state index in [4.69, 9.17) is 4.74 Å². The molecule has 0 aliphatic rings. The SMILES string of the molecule is CCCCCC/C=C/C=C/CCCCCCCC(=O)OC(CC(=O)[O-])C[N+](C)(C)C. The lowest BCUT2D eigenvalue weighted by Gasteiger charge is -2.29. The van der Waals surface area contributed by atoms with Crippen LogP contribution in [-0.4, -0.2) is 50.2 Å². The number of carbonyl (C=O) groups is 2. The van der Waals surface area contributed by atoms with Gasteiger partial charge in [0.25, 0.3) is 0 Å². The average molecular weight is 424 g/mol. The summed E-state index contributed by atoms with van der Waals surface area (Å²) in [6.45, 7) is 2.69. The van der Waals surface area contributed by atoms with E-state index in [1.165, 1.54) is 38.5 Å². The van der Waals surface area contributed by atoms with Crippen LogP contribution in [0.3, 0.4) is 0 Å². The van der Waals surface area contributed by atoms with E-state index in [1.54, 1.807) is 0 Å². The number of esters is 1. The molecule has 0 aliphatic carbocycles. The lowest BCUT2D eigenvalue weighted by Crippen LogP contribution is -2.45. The van der Waals surface area contributed by atoms with Crippen LogP contribution in [0.1, 0.15) is 90.4 Å². The molecule has 0 aliphatic heterocycles. The summed E-state index contributed by atoms with van der Waals surface area (Å²) in [5.41, 5.74) is 0. The highest BCUT2D eigenvalue weighted by atomic mass is 16.5. The standard InChI is InChI=1S/C25H45NO4/c1-5-6-7-8-9-10-11-12-13-14-15-16-17-18-19-20-25(29)30-23(21-24(27)28)22-26(2,3)4/h10-13,23H,5-9,14-22H2,1-4H3/b11-10+,13-12+. The van der Waals surface area contributed by atoms with E-state index >= 15 is 0 Å². The molecule has 0 rings (SSSR count). The first-order chi connectivity index (χ1) is 14.2. The number of unbranched alkanes of at least 4 members (excludes halogenated alkanes) is 9. The van der Waals surface area contributed by atoms with Crippen LogP contribution >= 0.6 is 0 Å². The molecule has 0 heterocycles. The number of rotatable bonds is 19. The van der Waals surface area contributed by atoms with Gasteiger partial charge in [0, 0.05) is 18.8 Å². The fourth-order valence-corrected chi connectivity index (χ4v) is 3.29. The van der Waals surface area contributed by atoms with Crippen LogP contribution in [0.4, 0.5) is 0 Å². The maximum atomic E-state index is 12.0. The van der Waals surface area contributed by atoms with Gasteiger partial charge in [-0.15, -0.1) is 0 Å². The Morgan fingerprint density at radius 2 is 1.40 bits per heavy atom. The van der Waals surface area contributed by atoms with Gasteiger partial charge in [0.2, 0.25) is 0 Å². The van der Waals surface area contributed by atoms with Gasteiger partial charge in [0.05, 0.1) is 21.1 Å². The highest BCUT2D eigenvalue weighted by molar-refractivity contribution is 5.70. The maximum absolute atomic E-state index is 12.0. The van der Waals surface area contributed by atoms with E-state index in [9.17, 15) is 14.7 Å². The average Bonchev–Trinajstić information content (AvgIpc) is 2.63. The van der Waals surface area contributed by atoms with Crippen LogP contribution in [-0.2, 0) is 14.3 Å². The summed E-state index contributed by atoms with van der Waals surface area (Å²) < 4.78 is 5.90. The lowest BCUT2D eigenvalue weighted by atomic mass is 10.1. The maximum Gasteiger partial charge on any atom is 0.306 e. The van der Waals surface area contributed by atoms with Gasteiger partial charge in [-0.3, -0.25) is 4.79 Å². The molecule has 0 N–H and O–H groups in total. The third kappa shape index (κ3) is 21.1. The van der Waals surface area contributed by atoms with Crippen LogP contribution in [0.2, 0.25) is 0 Å². The molecule has 0 aromatic carbocycles. The number of quaternary nitrogens is 1. The quantitative estimate of drug-likeness (QED) is 0.132. The largest absolute Gasteiger partial charge is 0.550 e. The van der Waals surface area contributed by atoms with Gasteiger partial charge >= 0.3 is 5.97 Å². The van der Waals surface area contributed by atoms with E-state index in [0.29, 0.717) is 17.4 Å². The third-order valence-electron chi connectivity index (χ3n) is 4.80. The number of likely N-dealkylation sites (N-methyl/N-ethyl adjacent to an activating group) is 1. The van der Waals surface area contributed by atoms with E-state index in [-0.39, 0.29) is 12.4 Å². The number of nitrogens with zero attached hydrogens (tertiary/aromatic N) is 1. The Kier molecular flexibility index (Phi) is 17.2. The fourth-order valence-electron chi connectivity index (χ4n) is 3.29. The van der Waals surface area contributed by atoms with Crippen molar-refractivity contribution in [3.8, 4) is 0 Å². The molecule has 0 radical (unpaired) electrons. The monoisotopic (exact) mass is 423 g/mol. The number of carbonyl (C=O) groups excluding carboxylic acids is 2. The molecule has 5 nitrogen and oxygen atoms in total. The number of hydrogen-bond acceptors (Lipinski definition) is 4. The minimum absolute atomic E-state index is 0.247. The van der Waals surface area contributed by atoms with E-state index in [0.717, 1.165) is 32.1 Å². The molecule has 0 bridgehead atoms. The van der Waals surface area contributed by atoms with Crippen LogP contribution in [0.5, 0.6) is 0 Å². The fraction of sp³-hybridized carbons (Fsp3) is 0.760. The van der Waals surface area contributed by atoms with Gasteiger partial charge in [0.15, 0.2) is 6.10 Å². The van der Waals surface area contributed by atoms with Gasteiger partial charge in [-0.1, -0.05) is 69.8 Å². The van der Waals surface area contributed by atoms with Gasteiger partial charge < -0.3 is 19.1 Å². The van der Waals surface area contributed by atoms with Gasteiger partial charge in [-0.2, -0.15) is 0 Å². The van der Waals surface area contributed by atoms with Gasteiger partial charge in [-0.25, -0.2) is 0 Å². The van der Waals surface area contributed by atoms with Gasteiger partial charge in [0.1, 0.15) is 6.54 Å². The minimum Gasteiger partial charge on any atom is -0.550 e. The predicted molar refractivity (Wildman–Crippen MR) is 122 cm³/mol. The second-order valence-electron chi connectivity index (χ2n) is 9.17. The normalized spacial score (nSPS) is 13.2. The molecule has 0 amide bonds. The van der Waals surface area contributed by atoms with Crippen LogP contribution < -0.4 is 5.11 Å². The molecule has 0 aromatic rings. The molecule has 174 valence electrons. The molecule has 0 saturated carbocycles. The van der Waals surface area contributed by atoms with Crippen molar-refractivity contribution in [3.05, 3.63) is 24.3 Å². The van der Waals surface area contributed by atoms with E-state index in [2.05, 4.69) is 31.2 Å². The number of carboxylic acid groups (broad SMARTS) is 1. The summed E-state index contributed by atoms with van der Waals surface area (Å²) in [4.78, 5) is 22.9. The Bertz CT molecular complexity index is 506. The van der Waals surface area contributed by atoms with E-state index in [1.807, 2.05) is 21.1 Å². The molecule has 0 saturated heterocycles. The second kappa shape index (κ2) is 18.2. The Morgan fingerprint density at radius 3 is 1.93 bits per heavy atom. The zero-order valence-electron chi connectivity index (χ0n) is 19.9. The number of carboxylic acids is 1. The molecule has 5 heteroatoms. The Hall–Kier alpha value is -1.62. The van der Waals surface area contributed by atoms with Crippen molar-refractivity contribution in [2.45, 2.75) is 96.5 Å². The smallest absolute Gasteiger partial charge is 0.306 e. The summed E-state index contributed by atoms with van der Waals surface area (Å²) in [7, 11) is 5.82. The first kappa shape index (κ1) is 28.4. The zero-order chi connectivity index (χ0) is 22.7. The Labute approximate surface area is 184 Å². The number of hydrogen-bond donors (Lipinski definition) is 0. The highest BCUT2D eigenvalue weighted by Gasteiger charge is 2.22. The molecular weight excluding hydrogens is 378 g/mol. The van der Waals surface area contributed by atoms with Crippen molar-refractivity contribution >= 4 is 11.9 Å². The molecule has 1 atom stereocenters. The second-order valence-corrected chi connectivity index (χ2v) is 9.17. The van der Waals surface area contributed by atoms with Crippen molar-refractivity contribution in [2.24, 2.45) is 0 Å². The summed E-state index contributed by atoms with van der Waals surface area (Å²) >= 11 is 0. The summed E-state index contributed by atoms with van der Waals surface area (Å²) in [6.07, 6.45) is 21.0. The van der Waals surface area contributed by atoms with Crippen LogP contribution in [0, 0.1) is 0 Å². The minimum atomic E-state index is -1.18. The van der Waals surface area contributed by atoms with Crippen molar-refractivity contribution in [1.29, 1.82) is 0 Å². The summed E-state index contributed by atoms with van der Waals surface area (Å²) in [5, 5.41) is 10.9. The highest BCUT2D eigenvalue weighted by Crippen LogP contribution is 2.11. The van der Waals surface area contributed by atoms with Crippen LogP contribution in [0.15, 0.2) is 24.3 Å². The lowest BCUT2D eigenvalue weighted by molar-refractivity contribution is -0.873. The molecular formula is C25H45NO4. The number of aliphatic carboxylic acids is 1. The molecule has 0 fully saturated rings. The van der Waals surface area contributed by atoms with Crippen molar-refractivity contribution in [1.82, 2.24) is 0 Å².